The first-order chi connectivity index (χ1) is 11.2. The Balaban J connectivity index is 2.79. The molecule has 1 fully saturated rings. The maximum Gasteiger partial charge on any atom is 0.529 e. The fraction of sp³-hybridized carbons (Fsp3) is 0.308. The summed E-state index contributed by atoms with van der Waals surface area (Å²) in [5.41, 5.74) is -1.58. The third kappa shape index (κ3) is 5.34. The van der Waals surface area contributed by atoms with Gasteiger partial charge in [0.2, 0.25) is 0 Å². The second-order valence-electron chi connectivity index (χ2n) is 4.38. The molecule has 24 heavy (non-hydrogen) atoms. The number of allylic oxidation sites excluding steroid dienone is 1. The van der Waals surface area contributed by atoms with Crippen molar-refractivity contribution in [1.29, 1.82) is 0 Å². The van der Waals surface area contributed by atoms with Crippen molar-refractivity contribution in [3.63, 3.8) is 0 Å². The number of phosphoric ester groups is 1. The van der Waals surface area contributed by atoms with Crippen molar-refractivity contribution in [2.45, 2.75) is 6.42 Å². The summed E-state index contributed by atoms with van der Waals surface area (Å²) in [6.07, 6.45) is 0.834. The lowest BCUT2D eigenvalue weighted by Gasteiger charge is -2.14. The van der Waals surface area contributed by atoms with Crippen molar-refractivity contribution in [3.8, 4) is 0 Å². The van der Waals surface area contributed by atoms with Gasteiger partial charge in [-0.25, -0.2) is 14.2 Å². The summed E-state index contributed by atoms with van der Waals surface area (Å²) >= 11 is 0. The van der Waals surface area contributed by atoms with Gasteiger partial charge in [-0.3, -0.25) is 13.8 Å². The number of carbonyl (C=O) groups excluding carboxylic acids is 1. The molecule has 0 radical (unpaired) electrons. The molecule has 1 aliphatic rings. The minimum absolute atomic E-state index is 0.0757. The Hall–Kier alpha value is -2.42. The number of carboxylic acid groups (broad SMARTS) is 2. The number of hydrogen-bond donors (Lipinski definition) is 3. The molecule has 1 heterocycles. The van der Waals surface area contributed by atoms with Gasteiger partial charge in [0, 0.05) is 0 Å². The molecule has 0 unspecified atom stereocenters. The van der Waals surface area contributed by atoms with E-state index in [1.165, 1.54) is 0 Å². The molecule has 0 spiro atoms. The summed E-state index contributed by atoms with van der Waals surface area (Å²) in [6, 6.07) is 0. The van der Waals surface area contributed by atoms with Crippen LogP contribution in [0.3, 0.4) is 0 Å². The Morgan fingerprint density at radius 1 is 1.21 bits per heavy atom. The molecule has 3 N–H and O–H groups in total. The van der Waals surface area contributed by atoms with E-state index in [1.54, 1.807) is 0 Å². The maximum absolute atomic E-state index is 12.0. The molecule has 0 aromatic rings. The van der Waals surface area contributed by atoms with Crippen LogP contribution < -0.4 is 5.32 Å². The molecule has 1 aliphatic heterocycles. The number of phosphoric acid groups is 1. The lowest BCUT2D eigenvalue weighted by Crippen LogP contribution is -2.32. The molecule has 0 saturated carbocycles. The summed E-state index contributed by atoms with van der Waals surface area (Å²) in [7, 11) is -3.76. The van der Waals surface area contributed by atoms with Gasteiger partial charge in [-0.05, 0) is 6.42 Å². The largest absolute Gasteiger partial charge is 0.529 e. The monoisotopic (exact) mass is 361 g/mol. The number of aliphatic carboxylic acids is 2. The average molecular weight is 361 g/mol. The summed E-state index contributed by atoms with van der Waals surface area (Å²) < 4.78 is 26.1. The molecular formula is C13H16NO9P. The van der Waals surface area contributed by atoms with E-state index in [-0.39, 0.29) is 25.4 Å². The van der Waals surface area contributed by atoms with Crippen LogP contribution in [0, 0.1) is 0 Å². The van der Waals surface area contributed by atoms with Crippen LogP contribution in [0.15, 0.2) is 36.1 Å². The van der Waals surface area contributed by atoms with Crippen LogP contribution in [-0.4, -0.2) is 47.8 Å². The van der Waals surface area contributed by atoms with Gasteiger partial charge >= 0.3 is 19.8 Å². The van der Waals surface area contributed by atoms with E-state index in [1.807, 2.05) is 0 Å². The van der Waals surface area contributed by atoms with Crippen molar-refractivity contribution in [2.75, 3.05) is 19.8 Å². The first-order valence-electron chi connectivity index (χ1n) is 6.55. The number of amides is 1. The van der Waals surface area contributed by atoms with Gasteiger partial charge in [0.25, 0.3) is 5.91 Å². The molecule has 1 rings (SSSR count). The molecule has 1 saturated heterocycles. The predicted octanol–water partition coefficient (Wildman–Crippen LogP) is 0.830. The Labute approximate surface area is 137 Å². The maximum atomic E-state index is 12.0. The van der Waals surface area contributed by atoms with Crippen LogP contribution in [0.1, 0.15) is 6.42 Å². The van der Waals surface area contributed by atoms with Crippen molar-refractivity contribution in [2.24, 2.45) is 0 Å². The van der Waals surface area contributed by atoms with E-state index < -0.39 is 43.4 Å². The molecule has 11 heteroatoms. The van der Waals surface area contributed by atoms with Crippen molar-refractivity contribution < 1.29 is 42.7 Å². The summed E-state index contributed by atoms with van der Waals surface area (Å²) in [5.74, 6) is -4.65. The molecule has 10 nitrogen and oxygen atoms in total. The molecule has 0 aromatic carbocycles. The zero-order valence-corrected chi connectivity index (χ0v) is 13.4. The number of carboxylic acids is 2. The Bertz CT molecular complexity index is 642. The van der Waals surface area contributed by atoms with E-state index >= 15 is 0 Å². The van der Waals surface area contributed by atoms with E-state index in [0.717, 1.165) is 6.08 Å². The fourth-order valence-electron chi connectivity index (χ4n) is 1.65. The first-order valence-corrected chi connectivity index (χ1v) is 8.01. The van der Waals surface area contributed by atoms with E-state index in [0.29, 0.717) is 0 Å². The second-order valence-corrected chi connectivity index (χ2v) is 5.98. The summed E-state index contributed by atoms with van der Waals surface area (Å²) in [6.45, 7) is 6.43. The Kier molecular flexibility index (Phi) is 6.90. The van der Waals surface area contributed by atoms with Crippen LogP contribution in [0.2, 0.25) is 0 Å². The lowest BCUT2D eigenvalue weighted by molar-refractivity contribution is -0.138. The third-order valence-corrected chi connectivity index (χ3v) is 4.10. The minimum atomic E-state index is -3.76. The van der Waals surface area contributed by atoms with Gasteiger partial charge in [0.05, 0.1) is 25.3 Å². The SMILES string of the molecule is C=CC/C(C(=O)O)=C(\C(=O)O)C(=O)NCC(=C)OP1(=O)OCCO1. The smallest absolute Gasteiger partial charge is 0.478 e. The van der Waals surface area contributed by atoms with Crippen LogP contribution in [0.4, 0.5) is 0 Å². The number of rotatable bonds is 9. The average Bonchev–Trinajstić information content (AvgIpc) is 2.90. The van der Waals surface area contributed by atoms with Gasteiger partial charge in [-0.2, -0.15) is 0 Å². The van der Waals surface area contributed by atoms with Crippen LogP contribution in [0.5, 0.6) is 0 Å². The summed E-state index contributed by atoms with van der Waals surface area (Å²) in [4.78, 5) is 34.2. The van der Waals surface area contributed by atoms with Gasteiger partial charge in [0.1, 0.15) is 11.3 Å². The Morgan fingerprint density at radius 2 is 1.79 bits per heavy atom. The van der Waals surface area contributed by atoms with E-state index in [4.69, 9.17) is 23.8 Å². The van der Waals surface area contributed by atoms with Crippen LogP contribution in [0.25, 0.3) is 0 Å². The second kappa shape index (κ2) is 8.44. The first kappa shape index (κ1) is 19.6. The van der Waals surface area contributed by atoms with E-state index in [9.17, 15) is 18.9 Å². The van der Waals surface area contributed by atoms with Crippen molar-refractivity contribution in [1.82, 2.24) is 5.32 Å². The van der Waals surface area contributed by atoms with Crippen molar-refractivity contribution in [3.05, 3.63) is 36.1 Å². The standard InChI is InChI=1S/C13H16NO9P/c1-3-4-9(12(16)17)10(13(18)19)11(15)14-7-8(2)23-24(20)21-5-6-22-24/h3H,1-2,4-7H2,(H,14,15)(H,16,17)(H,18,19)/b10-9+. The van der Waals surface area contributed by atoms with Gasteiger partial charge in [0.15, 0.2) is 0 Å². The van der Waals surface area contributed by atoms with Crippen LogP contribution in [-0.2, 0) is 32.5 Å². The number of nitrogens with one attached hydrogen (secondary N) is 1. The predicted molar refractivity (Wildman–Crippen MR) is 79.9 cm³/mol. The third-order valence-electron chi connectivity index (χ3n) is 2.62. The lowest BCUT2D eigenvalue weighted by atomic mass is 10.0. The van der Waals surface area contributed by atoms with E-state index in [2.05, 4.69) is 18.5 Å². The minimum Gasteiger partial charge on any atom is -0.478 e. The molecule has 0 aromatic heterocycles. The molecule has 1 amide bonds. The van der Waals surface area contributed by atoms with Crippen molar-refractivity contribution >= 4 is 25.7 Å². The molecule has 0 atom stereocenters. The molecule has 0 aliphatic carbocycles. The fourth-order valence-corrected chi connectivity index (χ4v) is 2.81. The van der Waals surface area contributed by atoms with Gasteiger partial charge in [-0.15, -0.1) is 6.58 Å². The molecule has 132 valence electrons. The molecular weight excluding hydrogens is 345 g/mol. The zero-order chi connectivity index (χ0) is 18.3. The molecule has 0 bridgehead atoms. The Morgan fingerprint density at radius 3 is 2.25 bits per heavy atom. The summed E-state index contributed by atoms with van der Waals surface area (Å²) in [5, 5.41) is 20.2. The highest BCUT2D eigenvalue weighted by atomic mass is 31.2. The van der Waals surface area contributed by atoms with Gasteiger partial charge < -0.3 is 20.1 Å². The number of hydrogen-bond acceptors (Lipinski definition) is 7. The highest BCUT2D eigenvalue weighted by Crippen LogP contribution is 2.54. The quantitative estimate of drug-likeness (QED) is 0.136. The van der Waals surface area contributed by atoms with Gasteiger partial charge in [-0.1, -0.05) is 12.7 Å². The normalized spacial score (nSPS) is 16.7. The van der Waals surface area contributed by atoms with Crippen LogP contribution >= 0.6 is 7.82 Å². The zero-order valence-electron chi connectivity index (χ0n) is 12.5. The number of carbonyl (C=O) groups is 3. The topological polar surface area (TPSA) is 148 Å². The highest BCUT2D eigenvalue weighted by molar-refractivity contribution is 7.48. The highest BCUT2D eigenvalue weighted by Gasteiger charge is 2.34.